The number of pyridine rings is 3. The normalized spacial score (nSPS) is 15.5. The number of hydrogen-bond donors (Lipinski definition) is 0. The number of fused-ring (bicyclic) bond motifs is 1. The van der Waals surface area contributed by atoms with Gasteiger partial charge in [-0.25, -0.2) is 9.37 Å². The summed E-state index contributed by atoms with van der Waals surface area (Å²) < 4.78 is 14.0. The first kappa shape index (κ1) is 14.8. The van der Waals surface area contributed by atoms with Crippen molar-refractivity contribution in [2.24, 2.45) is 0 Å². The molecule has 6 heteroatoms. The number of halogens is 1. The predicted molar refractivity (Wildman–Crippen MR) is 92.8 cm³/mol. The number of rotatable bonds is 2. The van der Waals surface area contributed by atoms with Crippen molar-refractivity contribution in [3.05, 3.63) is 54.7 Å². The SMILES string of the molecule is Fc1cccnc1N1CCCN(c2ccnc3cccnc23)CC1. The maximum absolute atomic E-state index is 14.0. The highest BCUT2D eigenvalue weighted by Gasteiger charge is 2.20. The van der Waals surface area contributed by atoms with E-state index in [1.54, 1.807) is 18.5 Å². The third kappa shape index (κ3) is 2.75. The number of anilines is 2. The highest BCUT2D eigenvalue weighted by Crippen LogP contribution is 2.25. The fraction of sp³-hybridized carbons (Fsp3) is 0.278. The van der Waals surface area contributed by atoms with Crippen LogP contribution in [0, 0.1) is 5.82 Å². The molecule has 1 saturated heterocycles. The van der Waals surface area contributed by atoms with Gasteiger partial charge in [0.1, 0.15) is 5.52 Å². The Morgan fingerprint density at radius 1 is 0.792 bits per heavy atom. The Morgan fingerprint density at radius 3 is 2.50 bits per heavy atom. The predicted octanol–water partition coefficient (Wildman–Crippen LogP) is 2.88. The van der Waals surface area contributed by atoms with Gasteiger partial charge in [0.2, 0.25) is 0 Å². The van der Waals surface area contributed by atoms with Crippen LogP contribution < -0.4 is 9.80 Å². The van der Waals surface area contributed by atoms with E-state index in [-0.39, 0.29) is 5.82 Å². The van der Waals surface area contributed by atoms with Crippen LogP contribution in [0.15, 0.2) is 48.9 Å². The molecule has 122 valence electrons. The minimum atomic E-state index is -0.262. The zero-order valence-electron chi connectivity index (χ0n) is 13.3. The summed E-state index contributed by atoms with van der Waals surface area (Å²) in [6, 6.07) is 8.96. The molecule has 5 nitrogen and oxygen atoms in total. The Balaban J connectivity index is 1.60. The third-order valence-corrected chi connectivity index (χ3v) is 4.35. The fourth-order valence-electron chi connectivity index (χ4n) is 3.20. The lowest BCUT2D eigenvalue weighted by Crippen LogP contribution is -2.31. The second-order valence-electron chi connectivity index (χ2n) is 5.84. The maximum atomic E-state index is 14.0. The molecule has 3 aromatic rings. The molecule has 0 unspecified atom stereocenters. The molecule has 1 fully saturated rings. The molecule has 0 amide bonds. The van der Waals surface area contributed by atoms with Gasteiger partial charge in [-0.1, -0.05) is 0 Å². The van der Waals surface area contributed by atoms with E-state index in [9.17, 15) is 4.39 Å². The van der Waals surface area contributed by atoms with Crippen molar-refractivity contribution in [3.8, 4) is 0 Å². The Hall–Kier alpha value is -2.76. The van der Waals surface area contributed by atoms with Crippen molar-refractivity contribution in [1.82, 2.24) is 15.0 Å². The number of nitrogens with zero attached hydrogens (tertiary/aromatic N) is 5. The average molecular weight is 323 g/mol. The molecular formula is C18H18FN5. The molecule has 0 atom stereocenters. The first-order valence-corrected chi connectivity index (χ1v) is 8.13. The summed E-state index contributed by atoms with van der Waals surface area (Å²) in [5, 5.41) is 0. The van der Waals surface area contributed by atoms with Crippen molar-refractivity contribution in [2.45, 2.75) is 6.42 Å². The summed E-state index contributed by atoms with van der Waals surface area (Å²) in [6.07, 6.45) is 6.19. The Bertz CT molecular complexity index is 848. The average Bonchev–Trinajstić information content (AvgIpc) is 2.88. The monoisotopic (exact) mass is 323 g/mol. The van der Waals surface area contributed by atoms with Gasteiger partial charge < -0.3 is 9.80 Å². The molecule has 0 N–H and O–H groups in total. The van der Waals surface area contributed by atoms with Gasteiger partial charge >= 0.3 is 0 Å². The maximum Gasteiger partial charge on any atom is 0.165 e. The second-order valence-corrected chi connectivity index (χ2v) is 5.84. The van der Waals surface area contributed by atoms with E-state index in [4.69, 9.17) is 0 Å². The van der Waals surface area contributed by atoms with E-state index in [1.165, 1.54) is 6.07 Å². The van der Waals surface area contributed by atoms with E-state index < -0.39 is 0 Å². The van der Waals surface area contributed by atoms with Crippen LogP contribution in [0.4, 0.5) is 15.9 Å². The van der Waals surface area contributed by atoms with Gasteiger partial charge in [0.15, 0.2) is 11.6 Å². The van der Waals surface area contributed by atoms with E-state index >= 15 is 0 Å². The molecule has 0 saturated carbocycles. The van der Waals surface area contributed by atoms with Crippen LogP contribution in [0.25, 0.3) is 11.0 Å². The molecule has 3 aromatic heterocycles. The van der Waals surface area contributed by atoms with E-state index in [0.717, 1.165) is 49.3 Å². The van der Waals surface area contributed by atoms with Gasteiger partial charge in [0.05, 0.1) is 11.2 Å². The zero-order valence-corrected chi connectivity index (χ0v) is 13.3. The smallest absolute Gasteiger partial charge is 0.165 e. The quantitative estimate of drug-likeness (QED) is 0.725. The highest BCUT2D eigenvalue weighted by atomic mass is 19.1. The summed E-state index contributed by atoms with van der Waals surface area (Å²) in [4.78, 5) is 17.4. The molecule has 24 heavy (non-hydrogen) atoms. The molecule has 0 aliphatic carbocycles. The zero-order chi connectivity index (χ0) is 16.4. The third-order valence-electron chi connectivity index (χ3n) is 4.35. The van der Waals surface area contributed by atoms with Crippen molar-refractivity contribution < 1.29 is 4.39 Å². The summed E-state index contributed by atoms with van der Waals surface area (Å²) in [5.74, 6) is 0.180. The molecule has 0 aromatic carbocycles. The molecule has 1 aliphatic heterocycles. The molecule has 0 bridgehead atoms. The highest BCUT2D eigenvalue weighted by molar-refractivity contribution is 5.87. The van der Waals surface area contributed by atoms with Crippen LogP contribution in [0.3, 0.4) is 0 Å². The summed E-state index contributed by atoms with van der Waals surface area (Å²) >= 11 is 0. The first-order valence-electron chi connectivity index (χ1n) is 8.13. The second kappa shape index (κ2) is 6.39. The molecular weight excluding hydrogens is 305 g/mol. The molecule has 0 spiro atoms. The molecule has 4 rings (SSSR count). The summed E-state index contributed by atoms with van der Waals surface area (Å²) in [5.41, 5.74) is 2.90. The van der Waals surface area contributed by atoms with Crippen LogP contribution in [-0.2, 0) is 0 Å². The van der Waals surface area contributed by atoms with Crippen molar-refractivity contribution in [3.63, 3.8) is 0 Å². The lowest BCUT2D eigenvalue weighted by atomic mass is 10.2. The van der Waals surface area contributed by atoms with E-state index in [2.05, 4.69) is 19.9 Å². The van der Waals surface area contributed by atoms with Gasteiger partial charge in [0, 0.05) is 44.8 Å². The van der Waals surface area contributed by atoms with Gasteiger partial charge in [-0.15, -0.1) is 0 Å². The molecule has 1 aliphatic rings. The Morgan fingerprint density at radius 2 is 1.58 bits per heavy atom. The lowest BCUT2D eigenvalue weighted by molar-refractivity contribution is 0.610. The van der Waals surface area contributed by atoms with E-state index in [0.29, 0.717) is 5.82 Å². The van der Waals surface area contributed by atoms with Gasteiger partial charge in [-0.3, -0.25) is 9.97 Å². The minimum Gasteiger partial charge on any atom is -0.368 e. The number of hydrogen-bond acceptors (Lipinski definition) is 5. The topological polar surface area (TPSA) is 45.2 Å². The van der Waals surface area contributed by atoms with Crippen LogP contribution >= 0.6 is 0 Å². The van der Waals surface area contributed by atoms with Gasteiger partial charge in [0.25, 0.3) is 0 Å². The van der Waals surface area contributed by atoms with Crippen LogP contribution in [0.5, 0.6) is 0 Å². The van der Waals surface area contributed by atoms with Crippen molar-refractivity contribution in [2.75, 3.05) is 36.0 Å². The lowest BCUT2D eigenvalue weighted by Gasteiger charge is -2.24. The Kier molecular flexibility index (Phi) is 3.94. The Labute approximate surface area is 139 Å². The minimum absolute atomic E-state index is 0.262. The van der Waals surface area contributed by atoms with Crippen molar-refractivity contribution in [1.29, 1.82) is 0 Å². The fourth-order valence-corrected chi connectivity index (χ4v) is 3.20. The first-order chi connectivity index (χ1) is 11.8. The van der Waals surface area contributed by atoms with Crippen LogP contribution in [0.1, 0.15) is 6.42 Å². The number of aromatic nitrogens is 3. The van der Waals surface area contributed by atoms with Crippen LogP contribution in [-0.4, -0.2) is 41.1 Å². The van der Waals surface area contributed by atoms with Gasteiger partial charge in [-0.2, -0.15) is 0 Å². The van der Waals surface area contributed by atoms with E-state index in [1.807, 2.05) is 29.3 Å². The summed E-state index contributed by atoms with van der Waals surface area (Å²) in [7, 11) is 0. The standard InChI is InChI=1S/C18H18FN5/c19-14-4-1-8-22-18(14)24-11-3-10-23(12-13-24)16-6-9-20-15-5-2-7-21-17(15)16/h1-2,4-9H,3,10-13H2. The largest absolute Gasteiger partial charge is 0.368 e. The van der Waals surface area contributed by atoms with Crippen LogP contribution in [0.2, 0.25) is 0 Å². The molecule has 4 heterocycles. The van der Waals surface area contributed by atoms with Crippen molar-refractivity contribution >= 4 is 22.5 Å². The van der Waals surface area contributed by atoms with Gasteiger partial charge in [-0.05, 0) is 36.8 Å². The summed E-state index contributed by atoms with van der Waals surface area (Å²) in [6.45, 7) is 3.22. The molecule has 0 radical (unpaired) electrons.